The molecular weight excluding hydrogens is 478 g/mol. The minimum Gasteiger partial charge on any atom is -0.495 e. The van der Waals surface area contributed by atoms with Crippen LogP contribution in [0.5, 0.6) is 5.75 Å². The van der Waals surface area contributed by atoms with E-state index in [4.69, 9.17) is 14.8 Å². The fourth-order valence-electron chi connectivity index (χ4n) is 5.47. The van der Waals surface area contributed by atoms with Gasteiger partial charge >= 0.3 is 0 Å². The van der Waals surface area contributed by atoms with Crippen molar-refractivity contribution in [3.05, 3.63) is 46.9 Å². The van der Waals surface area contributed by atoms with Gasteiger partial charge in [-0.2, -0.15) is 5.10 Å². The van der Waals surface area contributed by atoms with Gasteiger partial charge in [0.05, 0.1) is 29.9 Å². The van der Waals surface area contributed by atoms with E-state index in [2.05, 4.69) is 59.9 Å². The number of aromatic nitrogens is 4. The van der Waals surface area contributed by atoms with Crippen molar-refractivity contribution in [1.82, 2.24) is 30.0 Å². The molecule has 38 heavy (non-hydrogen) atoms. The van der Waals surface area contributed by atoms with Crippen molar-refractivity contribution >= 4 is 17.5 Å². The van der Waals surface area contributed by atoms with Crippen LogP contribution in [0.4, 0.5) is 11.6 Å². The molecule has 1 aromatic carbocycles. The van der Waals surface area contributed by atoms with E-state index in [1.807, 2.05) is 18.3 Å². The summed E-state index contributed by atoms with van der Waals surface area (Å²) in [5.74, 6) is 1.30. The molecule has 1 saturated heterocycles. The number of hydrogen-bond acceptors (Lipinski definition) is 7. The van der Waals surface area contributed by atoms with E-state index in [1.54, 1.807) is 13.2 Å². The molecule has 3 aromatic rings. The Balaban J connectivity index is 1.40. The van der Waals surface area contributed by atoms with Crippen LogP contribution >= 0.6 is 0 Å². The fourth-order valence-corrected chi connectivity index (χ4v) is 5.47. The van der Waals surface area contributed by atoms with Gasteiger partial charge in [0.15, 0.2) is 0 Å². The normalized spacial score (nSPS) is 15.9. The molecule has 0 atom stereocenters. The Hall–Kier alpha value is -3.46. The number of carbonyl (C=O) groups is 1. The molecule has 0 saturated carbocycles. The Labute approximate surface area is 225 Å². The van der Waals surface area contributed by atoms with Crippen LogP contribution in [0.15, 0.2) is 24.4 Å². The highest BCUT2D eigenvalue weighted by atomic mass is 16.5. The third kappa shape index (κ3) is 5.12. The van der Waals surface area contributed by atoms with Crippen molar-refractivity contribution in [2.45, 2.75) is 71.4 Å². The van der Waals surface area contributed by atoms with E-state index in [9.17, 15) is 4.79 Å². The third-order valence-electron chi connectivity index (χ3n) is 7.55. The summed E-state index contributed by atoms with van der Waals surface area (Å²) < 4.78 is 7.79. The summed E-state index contributed by atoms with van der Waals surface area (Å²) in [5, 5.41) is 11.5. The van der Waals surface area contributed by atoms with Crippen LogP contribution in [-0.2, 0) is 12.8 Å². The first-order chi connectivity index (χ1) is 18.2. The van der Waals surface area contributed by atoms with Crippen molar-refractivity contribution in [1.29, 1.82) is 0 Å². The largest absolute Gasteiger partial charge is 0.495 e. The molecule has 2 aliphatic rings. The van der Waals surface area contributed by atoms with Crippen LogP contribution in [0.25, 0.3) is 11.3 Å². The number of amides is 1. The molecule has 2 N–H and O–H groups in total. The van der Waals surface area contributed by atoms with Gasteiger partial charge in [-0.3, -0.25) is 9.48 Å². The van der Waals surface area contributed by atoms with E-state index < -0.39 is 0 Å². The first kappa shape index (κ1) is 26.2. The van der Waals surface area contributed by atoms with Gasteiger partial charge in [-0.15, -0.1) is 0 Å². The molecule has 5 rings (SSSR count). The Bertz CT molecular complexity index is 1320. The molecule has 3 heterocycles. The second-order valence-corrected chi connectivity index (χ2v) is 11.1. The first-order valence-electron chi connectivity index (χ1n) is 13.7. The van der Waals surface area contributed by atoms with Crippen LogP contribution in [0.1, 0.15) is 79.8 Å². The molecule has 0 radical (unpaired) electrons. The SMILES string of the molecule is COc1cc(C(=O)NC2CCN(C)CC2)ccc1Nc1ncc2c(n1)-c1c(nn(C(C)C)c1C(C)C)CC2. The molecule has 0 bridgehead atoms. The minimum absolute atomic E-state index is 0.0784. The number of rotatable bonds is 7. The predicted molar refractivity (Wildman–Crippen MR) is 149 cm³/mol. The van der Waals surface area contributed by atoms with Crippen LogP contribution in [-0.4, -0.2) is 63.8 Å². The van der Waals surface area contributed by atoms with E-state index in [0.717, 1.165) is 61.3 Å². The number of benzene rings is 1. The van der Waals surface area contributed by atoms with Gasteiger partial charge in [0.2, 0.25) is 5.95 Å². The highest BCUT2D eigenvalue weighted by Gasteiger charge is 2.29. The maximum atomic E-state index is 12.9. The van der Waals surface area contributed by atoms with E-state index in [-0.39, 0.29) is 18.0 Å². The second kappa shape index (κ2) is 10.7. The number of hydrogen-bond donors (Lipinski definition) is 2. The third-order valence-corrected chi connectivity index (χ3v) is 7.55. The number of likely N-dealkylation sites (tertiary alicyclic amines) is 1. The van der Waals surface area contributed by atoms with Gasteiger partial charge < -0.3 is 20.3 Å². The zero-order valence-electron chi connectivity index (χ0n) is 23.3. The van der Waals surface area contributed by atoms with Crippen molar-refractivity contribution in [2.75, 3.05) is 32.6 Å². The highest BCUT2D eigenvalue weighted by molar-refractivity contribution is 5.95. The van der Waals surface area contributed by atoms with Crippen molar-refractivity contribution < 1.29 is 9.53 Å². The van der Waals surface area contributed by atoms with Gasteiger partial charge in [-0.25, -0.2) is 9.97 Å². The summed E-state index contributed by atoms with van der Waals surface area (Å²) in [7, 11) is 3.72. The number of methoxy groups -OCH3 is 1. The summed E-state index contributed by atoms with van der Waals surface area (Å²) in [5.41, 5.74) is 6.85. The molecule has 2 aromatic heterocycles. The van der Waals surface area contributed by atoms with Gasteiger partial charge in [0.25, 0.3) is 5.91 Å². The number of nitrogens with zero attached hydrogens (tertiary/aromatic N) is 5. The van der Waals surface area contributed by atoms with Gasteiger partial charge in [0.1, 0.15) is 5.75 Å². The maximum absolute atomic E-state index is 12.9. The second-order valence-electron chi connectivity index (χ2n) is 11.1. The lowest BCUT2D eigenvalue weighted by Gasteiger charge is -2.29. The molecule has 0 unspecified atom stereocenters. The average Bonchev–Trinajstić information content (AvgIpc) is 3.31. The van der Waals surface area contributed by atoms with Gasteiger partial charge in [0, 0.05) is 29.4 Å². The number of fused-ring (bicyclic) bond motifs is 3. The predicted octanol–water partition coefficient (Wildman–Crippen LogP) is 4.72. The number of carbonyl (C=O) groups excluding carboxylic acids is 1. The molecular formula is C29H39N7O2. The van der Waals surface area contributed by atoms with E-state index >= 15 is 0 Å². The number of anilines is 2. The molecule has 9 heteroatoms. The van der Waals surface area contributed by atoms with Crippen LogP contribution < -0.4 is 15.4 Å². The number of piperidine rings is 1. The maximum Gasteiger partial charge on any atom is 0.251 e. The summed E-state index contributed by atoms with van der Waals surface area (Å²) in [4.78, 5) is 24.8. The van der Waals surface area contributed by atoms with Gasteiger partial charge in [-0.05, 0) is 89.3 Å². The topological polar surface area (TPSA) is 97.2 Å². The van der Waals surface area contributed by atoms with Crippen molar-refractivity contribution in [3.63, 3.8) is 0 Å². The number of nitrogens with one attached hydrogen (secondary N) is 2. The standard InChI is InChI=1S/C29H39N7O2/c1-17(2)27-25-23(34-36(27)18(3)4)10-8-20-16-30-29(33-26(20)25)32-22-9-7-19(15-24(22)38-6)28(37)31-21-11-13-35(5)14-12-21/h7,9,15-18,21H,8,10-14H2,1-6H3,(H,31,37)(H,30,32,33). The van der Waals surface area contributed by atoms with Crippen LogP contribution in [0, 0.1) is 0 Å². The molecule has 0 spiro atoms. The Kier molecular flexibility index (Phi) is 7.38. The van der Waals surface area contributed by atoms with Crippen LogP contribution in [0.2, 0.25) is 0 Å². The lowest BCUT2D eigenvalue weighted by Crippen LogP contribution is -2.43. The zero-order chi connectivity index (χ0) is 27.0. The molecule has 1 aliphatic heterocycles. The smallest absolute Gasteiger partial charge is 0.251 e. The number of aryl methyl sites for hydroxylation is 2. The average molecular weight is 518 g/mol. The molecule has 1 amide bonds. The van der Waals surface area contributed by atoms with Crippen LogP contribution in [0.3, 0.4) is 0 Å². The molecule has 9 nitrogen and oxygen atoms in total. The highest BCUT2D eigenvalue weighted by Crippen LogP contribution is 2.39. The lowest BCUT2D eigenvalue weighted by molar-refractivity contribution is 0.0916. The Morgan fingerprint density at radius 1 is 1.13 bits per heavy atom. The lowest BCUT2D eigenvalue weighted by atomic mass is 9.90. The van der Waals surface area contributed by atoms with E-state index in [0.29, 0.717) is 28.9 Å². The Morgan fingerprint density at radius 3 is 2.58 bits per heavy atom. The summed E-state index contributed by atoms with van der Waals surface area (Å²) in [6, 6.07) is 5.92. The fraction of sp³-hybridized carbons (Fsp3) is 0.517. The minimum atomic E-state index is -0.0784. The quantitative estimate of drug-likeness (QED) is 0.468. The summed E-state index contributed by atoms with van der Waals surface area (Å²) in [6.45, 7) is 10.7. The Morgan fingerprint density at radius 2 is 1.89 bits per heavy atom. The van der Waals surface area contributed by atoms with Gasteiger partial charge in [-0.1, -0.05) is 13.8 Å². The summed E-state index contributed by atoms with van der Waals surface area (Å²) in [6.07, 6.45) is 5.61. The summed E-state index contributed by atoms with van der Waals surface area (Å²) >= 11 is 0. The monoisotopic (exact) mass is 517 g/mol. The first-order valence-corrected chi connectivity index (χ1v) is 13.7. The zero-order valence-corrected chi connectivity index (χ0v) is 23.3. The van der Waals surface area contributed by atoms with Crippen molar-refractivity contribution in [3.8, 4) is 17.0 Å². The molecule has 1 fully saturated rings. The molecule has 1 aliphatic carbocycles. The molecule has 202 valence electrons. The van der Waals surface area contributed by atoms with Crippen molar-refractivity contribution in [2.24, 2.45) is 0 Å². The number of ether oxygens (including phenoxy) is 1. The van der Waals surface area contributed by atoms with E-state index in [1.165, 1.54) is 5.69 Å².